The van der Waals surface area contributed by atoms with Crippen molar-refractivity contribution in [2.45, 2.75) is 40.0 Å². The average Bonchev–Trinajstić information content (AvgIpc) is 2.80. The molecule has 25 heavy (non-hydrogen) atoms. The predicted molar refractivity (Wildman–Crippen MR) is 98.5 cm³/mol. The third-order valence-corrected chi connectivity index (χ3v) is 4.40. The van der Waals surface area contributed by atoms with Crippen molar-refractivity contribution < 1.29 is 14.3 Å². The number of benzene rings is 1. The monoisotopic (exact) mass is 346 g/mol. The molecule has 1 aliphatic heterocycles. The van der Waals surface area contributed by atoms with E-state index in [-0.39, 0.29) is 17.2 Å². The highest BCUT2D eigenvalue weighted by Crippen LogP contribution is 2.20. The number of amides is 2. The van der Waals surface area contributed by atoms with Gasteiger partial charge in [0.05, 0.1) is 13.5 Å². The summed E-state index contributed by atoms with van der Waals surface area (Å²) in [6.07, 6.45) is 1.77. The van der Waals surface area contributed by atoms with E-state index in [1.165, 1.54) is 0 Å². The zero-order chi connectivity index (χ0) is 18.4. The van der Waals surface area contributed by atoms with Crippen molar-refractivity contribution in [3.05, 3.63) is 29.8 Å². The summed E-state index contributed by atoms with van der Waals surface area (Å²) < 4.78 is 5.14. The van der Waals surface area contributed by atoms with Gasteiger partial charge in [-0.15, -0.1) is 0 Å². The number of methoxy groups -OCH3 is 1. The van der Waals surface area contributed by atoms with Crippen LogP contribution >= 0.6 is 0 Å². The minimum Gasteiger partial charge on any atom is -0.497 e. The van der Waals surface area contributed by atoms with Gasteiger partial charge in [-0.1, -0.05) is 32.9 Å². The summed E-state index contributed by atoms with van der Waals surface area (Å²) >= 11 is 0. The predicted octanol–water partition coefficient (Wildman–Crippen LogP) is 2.73. The van der Waals surface area contributed by atoms with Crippen LogP contribution in [0, 0.1) is 5.41 Å². The first-order valence-corrected chi connectivity index (χ1v) is 8.97. The molecule has 0 N–H and O–H groups in total. The van der Waals surface area contributed by atoms with Gasteiger partial charge < -0.3 is 14.5 Å². The standard InChI is InChI=1S/C20H30N2O3/c1-20(2,3)15-19(24)22-11-5-10-21(12-13-22)18(23)14-16-6-8-17(25-4)9-7-16/h6-9H,5,10-15H2,1-4H3. The van der Waals surface area contributed by atoms with Crippen LogP contribution < -0.4 is 4.74 Å². The van der Waals surface area contributed by atoms with Gasteiger partial charge in [0.25, 0.3) is 0 Å². The fourth-order valence-corrected chi connectivity index (χ4v) is 3.01. The summed E-state index contributed by atoms with van der Waals surface area (Å²) in [6.45, 7) is 8.93. The van der Waals surface area contributed by atoms with Crippen molar-refractivity contribution >= 4 is 11.8 Å². The third kappa shape index (κ3) is 6.07. The van der Waals surface area contributed by atoms with Gasteiger partial charge in [-0.3, -0.25) is 9.59 Å². The van der Waals surface area contributed by atoms with E-state index in [9.17, 15) is 9.59 Å². The van der Waals surface area contributed by atoms with Gasteiger partial charge in [-0.05, 0) is 29.5 Å². The van der Waals surface area contributed by atoms with Gasteiger partial charge in [0.1, 0.15) is 5.75 Å². The number of rotatable bonds is 4. The lowest BCUT2D eigenvalue weighted by Crippen LogP contribution is -2.38. The zero-order valence-corrected chi connectivity index (χ0v) is 15.9. The molecular formula is C20H30N2O3. The van der Waals surface area contributed by atoms with Crippen molar-refractivity contribution in [3.8, 4) is 5.75 Å². The summed E-state index contributed by atoms with van der Waals surface area (Å²) in [5.41, 5.74) is 0.975. The molecule has 2 rings (SSSR count). The van der Waals surface area contributed by atoms with Crippen molar-refractivity contribution in [3.63, 3.8) is 0 Å². The highest BCUT2D eigenvalue weighted by molar-refractivity contribution is 5.79. The molecule has 1 aromatic carbocycles. The van der Waals surface area contributed by atoms with E-state index in [4.69, 9.17) is 4.74 Å². The molecule has 138 valence electrons. The van der Waals surface area contributed by atoms with Crippen LogP contribution in [0.5, 0.6) is 5.75 Å². The fraction of sp³-hybridized carbons (Fsp3) is 0.600. The molecule has 1 aliphatic rings. The van der Waals surface area contributed by atoms with Gasteiger partial charge in [-0.25, -0.2) is 0 Å². The van der Waals surface area contributed by atoms with E-state index in [0.29, 0.717) is 32.5 Å². The minimum atomic E-state index is -0.00669. The summed E-state index contributed by atoms with van der Waals surface area (Å²) in [7, 11) is 1.63. The molecule has 0 spiro atoms. The van der Waals surface area contributed by atoms with Crippen LogP contribution in [0.25, 0.3) is 0 Å². The molecule has 5 nitrogen and oxygen atoms in total. The average molecular weight is 346 g/mol. The first kappa shape index (κ1) is 19.3. The Labute approximate surface area is 150 Å². The maximum Gasteiger partial charge on any atom is 0.227 e. The highest BCUT2D eigenvalue weighted by atomic mass is 16.5. The van der Waals surface area contributed by atoms with E-state index in [0.717, 1.165) is 24.3 Å². The number of carbonyl (C=O) groups excluding carboxylic acids is 2. The van der Waals surface area contributed by atoms with Gasteiger partial charge in [0.2, 0.25) is 11.8 Å². The van der Waals surface area contributed by atoms with Crippen LogP contribution in [-0.4, -0.2) is 54.9 Å². The van der Waals surface area contributed by atoms with Crippen molar-refractivity contribution in [2.75, 3.05) is 33.3 Å². The summed E-state index contributed by atoms with van der Waals surface area (Å²) in [5, 5.41) is 0. The smallest absolute Gasteiger partial charge is 0.227 e. The van der Waals surface area contributed by atoms with Crippen molar-refractivity contribution in [1.29, 1.82) is 0 Å². The molecule has 0 aliphatic carbocycles. The molecule has 0 atom stereocenters. The van der Waals surface area contributed by atoms with Crippen LogP contribution in [0.2, 0.25) is 0 Å². The minimum absolute atomic E-state index is 0.00669. The Kier molecular flexibility index (Phi) is 6.45. The second-order valence-corrected chi connectivity index (χ2v) is 7.88. The second-order valence-electron chi connectivity index (χ2n) is 7.88. The quantitative estimate of drug-likeness (QED) is 0.842. The molecule has 0 bridgehead atoms. The maximum atomic E-state index is 12.6. The molecular weight excluding hydrogens is 316 g/mol. The summed E-state index contributed by atoms with van der Waals surface area (Å²) in [4.78, 5) is 28.8. The lowest BCUT2D eigenvalue weighted by molar-refractivity contribution is -0.134. The Morgan fingerprint density at radius 3 is 2.04 bits per heavy atom. The van der Waals surface area contributed by atoms with E-state index in [1.807, 2.05) is 34.1 Å². The van der Waals surface area contributed by atoms with Gasteiger partial charge in [0, 0.05) is 32.6 Å². The van der Waals surface area contributed by atoms with E-state index < -0.39 is 0 Å². The molecule has 1 aromatic rings. The molecule has 1 saturated heterocycles. The van der Waals surface area contributed by atoms with Crippen LogP contribution in [0.3, 0.4) is 0 Å². The SMILES string of the molecule is COc1ccc(CC(=O)N2CCCN(C(=O)CC(C)(C)C)CC2)cc1. The lowest BCUT2D eigenvalue weighted by Gasteiger charge is -2.25. The Balaban J connectivity index is 1.88. The number of hydrogen-bond acceptors (Lipinski definition) is 3. The van der Waals surface area contributed by atoms with Gasteiger partial charge in [-0.2, -0.15) is 0 Å². The van der Waals surface area contributed by atoms with E-state index in [2.05, 4.69) is 20.8 Å². The molecule has 1 fully saturated rings. The Hall–Kier alpha value is -2.04. The number of carbonyl (C=O) groups is 2. The Morgan fingerprint density at radius 2 is 1.52 bits per heavy atom. The topological polar surface area (TPSA) is 49.9 Å². The van der Waals surface area contributed by atoms with Crippen molar-refractivity contribution in [1.82, 2.24) is 9.80 Å². The Morgan fingerprint density at radius 1 is 0.960 bits per heavy atom. The molecule has 5 heteroatoms. The normalized spacial score (nSPS) is 15.7. The first-order chi connectivity index (χ1) is 11.8. The summed E-state index contributed by atoms with van der Waals surface area (Å²) in [5.74, 6) is 1.10. The second kappa shape index (κ2) is 8.37. The summed E-state index contributed by atoms with van der Waals surface area (Å²) in [6, 6.07) is 7.59. The zero-order valence-electron chi connectivity index (χ0n) is 15.9. The number of nitrogens with zero attached hydrogens (tertiary/aromatic N) is 2. The lowest BCUT2D eigenvalue weighted by atomic mass is 9.91. The highest BCUT2D eigenvalue weighted by Gasteiger charge is 2.25. The van der Waals surface area contributed by atoms with E-state index in [1.54, 1.807) is 7.11 Å². The molecule has 0 saturated carbocycles. The number of hydrogen-bond donors (Lipinski definition) is 0. The van der Waals surface area contributed by atoms with Gasteiger partial charge in [0.15, 0.2) is 0 Å². The fourth-order valence-electron chi connectivity index (χ4n) is 3.01. The molecule has 2 amide bonds. The van der Waals surface area contributed by atoms with Crippen molar-refractivity contribution in [2.24, 2.45) is 5.41 Å². The van der Waals surface area contributed by atoms with E-state index >= 15 is 0 Å². The molecule has 0 unspecified atom stereocenters. The maximum absolute atomic E-state index is 12.6. The molecule has 1 heterocycles. The number of ether oxygens (including phenoxy) is 1. The first-order valence-electron chi connectivity index (χ1n) is 8.97. The third-order valence-electron chi connectivity index (χ3n) is 4.40. The Bertz CT molecular complexity index is 590. The van der Waals surface area contributed by atoms with Crippen LogP contribution in [-0.2, 0) is 16.0 Å². The molecule has 0 aromatic heterocycles. The van der Waals surface area contributed by atoms with Gasteiger partial charge >= 0.3 is 0 Å². The van der Waals surface area contributed by atoms with Crippen LogP contribution in [0.4, 0.5) is 0 Å². The van der Waals surface area contributed by atoms with Crippen LogP contribution in [0.1, 0.15) is 39.2 Å². The molecule has 0 radical (unpaired) electrons. The largest absolute Gasteiger partial charge is 0.497 e. The van der Waals surface area contributed by atoms with Crippen LogP contribution in [0.15, 0.2) is 24.3 Å².